The Balaban J connectivity index is 1.77. The number of nitrogens with zero attached hydrogens (tertiary/aromatic N) is 4. The molecule has 0 aliphatic carbocycles. The first-order chi connectivity index (χ1) is 11.6. The summed E-state index contributed by atoms with van der Waals surface area (Å²) in [5, 5.41) is 18.9. The number of benzene rings is 2. The van der Waals surface area contributed by atoms with Crippen molar-refractivity contribution < 1.29 is 4.79 Å². The predicted molar refractivity (Wildman–Crippen MR) is 98.8 cm³/mol. The minimum atomic E-state index is -0.306. The Morgan fingerprint density at radius 2 is 2.00 bits per heavy atom. The molecular weight excluding hydrogens is 392 g/mol. The number of carbonyl (C=O) groups excluding carboxylic acids is 1. The van der Waals surface area contributed by atoms with Gasteiger partial charge in [0.05, 0.1) is 6.54 Å². The van der Waals surface area contributed by atoms with Crippen molar-refractivity contribution in [2.75, 3.05) is 5.32 Å². The number of thiocarbonyl (C=S) groups is 1. The number of nitrogens with one attached hydrogen (secondary N) is 2. The summed E-state index contributed by atoms with van der Waals surface area (Å²) in [6.07, 6.45) is 0. The lowest BCUT2D eigenvalue weighted by atomic mass is 10.0. The average Bonchev–Trinajstić information content (AvgIpc) is 3.02. The number of carbonyl (C=O) groups is 1. The summed E-state index contributed by atoms with van der Waals surface area (Å²) in [5.41, 5.74) is 0.531. The third-order valence-corrected chi connectivity index (χ3v) is 4.20. The van der Waals surface area contributed by atoms with Crippen LogP contribution in [0.2, 0.25) is 0 Å². The molecule has 0 unspecified atom stereocenters. The Bertz CT molecular complexity index is 925. The van der Waals surface area contributed by atoms with Crippen LogP contribution in [0.5, 0.6) is 0 Å². The monoisotopic (exact) mass is 404 g/mol. The molecule has 0 aliphatic heterocycles. The quantitative estimate of drug-likeness (QED) is 0.652. The summed E-state index contributed by atoms with van der Waals surface area (Å²) in [6, 6.07) is 11.2. The molecule has 7 nitrogen and oxygen atoms in total. The molecule has 1 heterocycles. The first kappa shape index (κ1) is 16.5. The fourth-order valence-electron chi connectivity index (χ4n) is 2.20. The van der Waals surface area contributed by atoms with Gasteiger partial charge in [0.15, 0.2) is 5.11 Å². The normalized spacial score (nSPS) is 10.6. The molecule has 9 heteroatoms. The predicted octanol–water partition coefficient (Wildman–Crippen LogP) is 2.74. The van der Waals surface area contributed by atoms with E-state index >= 15 is 0 Å². The average molecular weight is 405 g/mol. The van der Waals surface area contributed by atoms with Crippen molar-refractivity contribution in [3.05, 3.63) is 46.4 Å². The lowest BCUT2D eigenvalue weighted by Crippen LogP contribution is -2.34. The molecule has 1 amide bonds. The number of amides is 1. The van der Waals surface area contributed by atoms with E-state index in [-0.39, 0.29) is 17.0 Å². The molecule has 24 heavy (non-hydrogen) atoms. The summed E-state index contributed by atoms with van der Waals surface area (Å²) in [7, 11) is 0. The number of aryl methyl sites for hydroxylation is 1. The van der Waals surface area contributed by atoms with Crippen molar-refractivity contribution in [3.8, 4) is 0 Å². The van der Waals surface area contributed by atoms with Gasteiger partial charge in [0.25, 0.3) is 11.9 Å². The summed E-state index contributed by atoms with van der Waals surface area (Å²) in [5.74, 6) is -0.0677. The van der Waals surface area contributed by atoms with Crippen molar-refractivity contribution in [2.24, 2.45) is 0 Å². The van der Waals surface area contributed by atoms with E-state index in [1.807, 2.05) is 37.3 Å². The van der Waals surface area contributed by atoms with Gasteiger partial charge in [0, 0.05) is 10.0 Å². The molecule has 0 radical (unpaired) electrons. The zero-order chi connectivity index (χ0) is 17.1. The van der Waals surface area contributed by atoms with Crippen LogP contribution in [-0.4, -0.2) is 31.2 Å². The van der Waals surface area contributed by atoms with E-state index < -0.39 is 0 Å². The molecule has 1 aromatic heterocycles. The van der Waals surface area contributed by atoms with E-state index in [1.165, 1.54) is 4.80 Å². The van der Waals surface area contributed by atoms with E-state index in [4.69, 9.17) is 12.2 Å². The Labute approximate surface area is 151 Å². The van der Waals surface area contributed by atoms with Crippen LogP contribution in [0.25, 0.3) is 10.8 Å². The van der Waals surface area contributed by atoms with Crippen molar-refractivity contribution >= 4 is 55.9 Å². The van der Waals surface area contributed by atoms with Gasteiger partial charge in [-0.25, -0.2) is 0 Å². The molecule has 0 atom stereocenters. The number of hydrogen-bond donors (Lipinski definition) is 2. The molecule has 3 aromatic rings. The number of fused-ring (bicyclic) bond motifs is 1. The minimum Gasteiger partial charge on any atom is -0.299 e. The lowest BCUT2D eigenvalue weighted by Gasteiger charge is -2.09. The van der Waals surface area contributed by atoms with Crippen molar-refractivity contribution in [1.29, 1.82) is 0 Å². The first-order valence-corrected chi connectivity index (χ1v) is 8.36. The van der Waals surface area contributed by atoms with Gasteiger partial charge in [-0.3, -0.25) is 15.4 Å². The topological polar surface area (TPSA) is 84.7 Å². The van der Waals surface area contributed by atoms with Crippen molar-refractivity contribution in [3.63, 3.8) is 0 Å². The number of aromatic nitrogens is 4. The highest BCUT2D eigenvalue weighted by Crippen LogP contribution is 2.26. The number of halogens is 1. The largest absolute Gasteiger partial charge is 0.299 e. The fraction of sp³-hybridized carbons (Fsp3) is 0.133. The van der Waals surface area contributed by atoms with E-state index in [1.54, 1.807) is 6.07 Å². The van der Waals surface area contributed by atoms with Crippen LogP contribution in [-0.2, 0) is 6.54 Å². The number of anilines is 1. The van der Waals surface area contributed by atoms with E-state index in [2.05, 4.69) is 42.0 Å². The van der Waals surface area contributed by atoms with Crippen LogP contribution in [0.15, 0.2) is 40.9 Å². The van der Waals surface area contributed by atoms with E-state index in [9.17, 15) is 4.79 Å². The van der Waals surface area contributed by atoms with Gasteiger partial charge in [0.1, 0.15) is 0 Å². The molecule has 0 saturated carbocycles. The molecule has 3 rings (SSSR count). The molecule has 0 fully saturated rings. The highest BCUT2D eigenvalue weighted by Gasteiger charge is 2.13. The summed E-state index contributed by atoms with van der Waals surface area (Å²) in [4.78, 5) is 13.9. The molecule has 0 aliphatic rings. The zero-order valence-electron chi connectivity index (χ0n) is 12.7. The second-order valence-corrected chi connectivity index (χ2v) is 6.11. The second kappa shape index (κ2) is 7.02. The Hall–Kier alpha value is -2.39. The summed E-state index contributed by atoms with van der Waals surface area (Å²) in [6.45, 7) is 2.49. The lowest BCUT2D eigenvalue weighted by molar-refractivity contribution is 0.0979. The molecule has 2 aromatic carbocycles. The van der Waals surface area contributed by atoms with Gasteiger partial charge >= 0.3 is 0 Å². The van der Waals surface area contributed by atoms with Gasteiger partial charge in [-0.05, 0) is 47.3 Å². The van der Waals surface area contributed by atoms with Crippen molar-refractivity contribution in [1.82, 2.24) is 25.5 Å². The van der Waals surface area contributed by atoms with Crippen LogP contribution >= 0.6 is 28.1 Å². The van der Waals surface area contributed by atoms with E-state index in [0.29, 0.717) is 12.1 Å². The fourth-order valence-corrected chi connectivity index (χ4v) is 2.88. The molecule has 2 N–H and O–H groups in total. The maximum atomic E-state index is 12.5. The second-order valence-electron chi connectivity index (χ2n) is 4.85. The highest BCUT2D eigenvalue weighted by molar-refractivity contribution is 9.10. The Kier molecular flexibility index (Phi) is 4.81. The smallest absolute Gasteiger partial charge is 0.269 e. The third kappa shape index (κ3) is 3.41. The molecular formula is C15H13BrN6OS. The summed E-state index contributed by atoms with van der Waals surface area (Å²) >= 11 is 8.63. The van der Waals surface area contributed by atoms with Gasteiger partial charge in [-0.2, -0.15) is 4.80 Å². The van der Waals surface area contributed by atoms with Gasteiger partial charge in [-0.1, -0.05) is 45.3 Å². The van der Waals surface area contributed by atoms with E-state index in [0.717, 1.165) is 15.2 Å². The van der Waals surface area contributed by atoms with Crippen molar-refractivity contribution in [2.45, 2.75) is 13.5 Å². The van der Waals surface area contributed by atoms with Crippen LogP contribution < -0.4 is 10.6 Å². The van der Waals surface area contributed by atoms with Crippen LogP contribution in [0.4, 0.5) is 5.95 Å². The highest BCUT2D eigenvalue weighted by atomic mass is 79.9. The summed E-state index contributed by atoms with van der Waals surface area (Å²) < 4.78 is 0.927. The minimum absolute atomic E-state index is 0.114. The maximum absolute atomic E-state index is 12.5. The molecule has 122 valence electrons. The van der Waals surface area contributed by atoms with Crippen LogP contribution in [0, 0.1) is 0 Å². The SMILES string of the molecule is CCn1nnc(NC(=S)NC(=O)c2cccc3c(Br)cccc23)n1. The Morgan fingerprint density at radius 3 is 2.75 bits per heavy atom. The maximum Gasteiger partial charge on any atom is 0.269 e. The number of rotatable bonds is 3. The number of hydrogen-bond acceptors (Lipinski definition) is 5. The van der Waals surface area contributed by atoms with Crippen LogP contribution in [0.3, 0.4) is 0 Å². The number of tetrazole rings is 1. The van der Waals surface area contributed by atoms with Crippen LogP contribution in [0.1, 0.15) is 17.3 Å². The molecule has 0 spiro atoms. The molecule has 0 saturated heterocycles. The Morgan fingerprint density at radius 1 is 1.25 bits per heavy atom. The third-order valence-electron chi connectivity index (χ3n) is 3.30. The van der Waals surface area contributed by atoms with Gasteiger partial charge in [-0.15, -0.1) is 5.10 Å². The van der Waals surface area contributed by atoms with Gasteiger partial charge in [0.2, 0.25) is 0 Å². The standard InChI is InChI=1S/C15H13BrN6OS/c1-2-22-20-14(19-21-22)18-15(24)17-13(23)11-7-3-6-10-9(11)5-4-8-12(10)16/h3-8H,2H2,1H3,(H2,17,18,20,23,24). The zero-order valence-corrected chi connectivity index (χ0v) is 15.1. The molecule has 0 bridgehead atoms. The van der Waals surface area contributed by atoms with Gasteiger partial charge < -0.3 is 0 Å². The first-order valence-electron chi connectivity index (χ1n) is 7.16.